The minimum absolute atomic E-state index is 0.0523. The van der Waals surface area contributed by atoms with Gasteiger partial charge in [0.15, 0.2) is 0 Å². The summed E-state index contributed by atoms with van der Waals surface area (Å²) in [4.78, 5) is 0. The van der Waals surface area contributed by atoms with Crippen molar-refractivity contribution in [2.45, 2.75) is 31.9 Å². The van der Waals surface area contributed by atoms with E-state index in [2.05, 4.69) is 5.43 Å². The maximum atomic E-state index is 6.12. The van der Waals surface area contributed by atoms with Gasteiger partial charge in [-0.3, -0.25) is 11.3 Å². The molecule has 0 amide bonds. The van der Waals surface area contributed by atoms with Gasteiger partial charge >= 0.3 is 0 Å². The monoisotopic (exact) mass is 276 g/mol. The van der Waals surface area contributed by atoms with Crippen LogP contribution in [0.5, 0.6) is 0 Å². The molecule has 5 heteroatoms. The Kier molecular flexibility index (Phi) is 5.22. The maximum absolute atomic E-state index is 6.12. The van der Waals surface area contributed by atoms with Crippen molar-refractivity contribution < 1.29 is 4.74 Å². The average Bonchev–Trinajstić information content (AvgIpc) is 2.30. The molecule has 0 aliphatic rings. The number of nitrogens with one attached hydrogen (secondary N) is 1. The molecule has 0 heterocycles. The Hall–Kier alpha value is -0.320. The first-order valence-corrected chi connectivity index (χ1v) is 6.11. The Morgan fingerprint density at radius 2 is 2.06 bits per heavy atom. The highest BCUT2D eigenvalue weighted by Crippen LogP contribution is 2.25. The summed E-state index contributed by atoms with van der Waals surface area (Å²) < 4.78 is 5.41. The van der Waals surface area contributed by atoms with Crippen LogP contribution >= 0.6 is 23.2 Å². The lowest BCUT2D eigenvalue weighted by atomic mass is 9.92. The van der Waals surface area contributed by atoms with Crippen LogP contribution in [-0.2, 0) is 11.2 Å². The van der Waals surface area contributed by atoms with Gasteiger partial charge in [-0.05, 0) is 44.0 Å². The van der Waals surface area contributed by atoms with E-state index in [1.807, 2.05) is 19.9 Å². The highest BCUT2D eigenvalue weighted by atomic mass is 35.5. The van der Waals surface area contributed by atoms with Gasteiger partial charge in [-0.25, -0.2) is 0 Å². The van der Waals surface area contributed by atoms with E-state index in [-0.39, 0.29) is 11.6 Å². The molecule has 17 heavy (non-hydrogen) atoms. The van der Waals surface area contributed by atoms with Crippen LogP contribution in [0.2, 0.25) is 10.0 Å². The van der Waals surface area contributed by atoms with E-state index < -0.39 is 0 Å². The van der Waals surface area contributed by atoms with Crippen LogP contribution in [-0.4, -0.2) is 18.8 Å². The first-order valence-electron chi connectivity index (χ1n) is 5.36. The number of hydrogen-bond acceptors (Lipinski definition) is 3. The zero-order valence-corrected chi connectivity index (χ0v) is 11.8. The molecule has 0 saturated heterocycles. The Morgan fingerprint density at radius 3 is 2.59 bits per heavy atom. The molecule has 0 spiro atoms. The normalized spacial score (nSPS) is 13.8. The second-order valence-corrected chi connectivity index (χ2v) is 5.31. The molecule has 1 unspecified atom stereocenters. The van der Waals surface area contributed by atoms with Crippen LogP contribution in [0, 0.1) is 0 Å². The fourth-order valence-corrected chi connectivity index (χ4v) is 1.96. The predicted octanol–water partition coefficient (Wildman–Crippen LogP) is 2.79. The number of methoxy groups -OCH3 is 1. The largest absolute Gasteiger partial charge is 0.377 e. The molecular weight excluding hydrogens is 259 g/mol. The number of halogens is 2. The third kappa shape index (κ3) is 3.83. The molecule has 0 aliphatic carbocycles. The number of ether oxygens (including phenoxy) is 1. The zero-order chi connectivity index (χ0) is 13.1. The van der Waals surface area contributed by atoms with E-state index in [9.17, 15) is 0 Å². The number of rotatable bonds is 5. The molecule has 1 aromatic carbocycles. The minimum Gasteiger partial charge on any atom is -0.377 e. The molecule has 0 bridgehead atoms. The van der Waals surface area contributed by atoms with Crippen LogP contribution in [0.4, 0.5) is 0 Å². The molecule has 0 aliphatic heterocycles. The molecule has 0 saturated carbocycles. The first-order chi connectivity index (χ1) is 7.90. The van der Waals surface area contributed by atoms with Gasteiger partial charge < -0.3 is 4.74 Å². The standard InChI is InChI=1S/C12H18Cl2N2O/c1-12(2,17-3)11(16-15)7-8-6-9(13)4-5-10(8)14/h4-6,11,16H,7,15H2,1-3H3. The molecule has 96 valence electrons. The fourth-order valence-electron chi connectivity index (χ4n) is 1.57. The summed E-state index contributed by atoms with van der Waals surface area (Å²) in [5.74, 6) is 5.56. The third-order valence-corrected chi connectivity index (χ3v) is 3.60. The number of benzene rings is 1. The molecule has 0 aromatic heterocycles. The van der Waals surface area contributed by atoms with Gasteiger partial charge in [-0.15, -0.1) is 0 Å². The maximum Gasteiger partial charge on any atom is 0.0791 e. The fraction of sp³-hybridized carbons (Fsp3) is 0.500. The summed E-state index contributed by atoms with van der Waals surface area (Å²) in [6, 6.07) is 5.34. The quantitative estimate of drug-likeness (QED) is 0.642. The topological polar surface area (TPSA) is 47.3 Å². The van der Waals surface area contributed by atoms with Crippen LogP contribution < -0.4 is 11.3 Å². The number of hydrogen-bond donors (Lipinski definition) is 2. The van der Waals surface area contributed by atoms with Gasteiger partial charge in [0.2, 0.25) is 0 Å². The summed E-state index contributed by atoms with van der Waals surface area (Å²) >= 11 is 12.1. The van der Waals surface area contributed by atoms with Gasteiger partial charge in [-0.2, -0.15) is 0 Å². The summed E-state index contributed by atoms with van der Waals surface area (Å²) in [6.07, 6.45) is 0.650. The molecule has 3 N–H and O–H groups in total. The van der Waals surface area contributed by atoms with Gasteiger partial charge in [0.1, 0.15) is 0 Å². The minimum atomic E-state index is -0.388. The predicted molar refractivity (Wildman–Crippen MR) is 72.4 cm³/mol. The summed E-state index contributed by atoms with van der Waals surface area (Å²) in [5.41, 5.74) is 3.32. The van der Waals surface area contributed by atoms with E-state index in [1.54, 1.807) is 19.2 Å². The van der Waals surface area contributed by atoms with E-state index >= 15 is 0 Å². The van der Waals surface area contributed by atoms with Gasteiger partial charge in [0, 0.05) is 17.2 Å². The SMILES string of the molecule is COC(C)(C)C(Cc1cc(Cl)ccc1Cl)NN. The molecule has 3 nitrogen and oxygen atoms in total. The Bertz CT molecular complexity index is 383. The van der Waals surface area contributed by atoms with Crippen LogP contribution in [0.25, 0.3) is 0 Å². The molecule has 1 atom stereocenters. The van der Waals surface area contributed by atoms with E-state index in [4.69, 9.17) is 33.8 Å². The highest BCUT2D eigenvalue weighted by molar-refractivity contribution is 6.33. The van der Waals surface area contributed by atoms with E-state index in [0.717, 1.165) is 5.56 Å². The molecule has 0 radical (unpaired) electrons. The smallest absolute Gasteiger partial charge is 0.0791 e. The molecule has 0 fully saturated rings. The molecular formula is C12H18Cl2N2O. The van der Waals surface area contributed by atoms with E-state index in [0.29, 0.717) is 16.5 Å². The molecule has 1 rings (SSSR count). The van der Waals surface area contributed by atoms with Crippen molar-refractivity contribution in [3.05, 3.63) is 33.8 Å². The van der Waals surface area contributed by atoms with Crippen LogP contribution in [0.3, 0.4) is 0 Å². The van der Waals surface area contributed by atoms with Gasteiger partial charge in [0.05, 0.1) is 11.6 Å². The lowest BCUT2D eigenvalue weighted by Gasteiger charge is -2.32. The van der Waals surface area contributed by atoms with Gasteiger partial charge in [-0.1, -0.05) is 23.2 Å². The Balaban J connectivity index is 2.91. The summed E-state index contributed by atoms with van der Waals surface area (Å²) in [5, 5.41) is 1.34. The van der Waals surface area contributed by atoms with Crippen molar-refractivity contribution >= 4 is 23.2 Å². The van der Waals surface area contributed by atoms with Crippen molar-refractivity contribution in [2.24, 2.45) is 5.84 Å². The van der Waals surface area contributed by atoms with Gasteiger partial charge in [0.25, 0.3) is 0 Å². The molecule has 1 aromatic rings. The average molecular weight is 277 g/mol. The zero-order valence-electron chi connectivity index (χ0n) is 10.3. The van der Waals surface area contributed by atoms with Crippen LogP contribution in [0.15, 0.2) is 18.2 Å². The highest BCUT2D eigenvalue weighted by Gasteiger charge is 2.29. The van der Waals surface area contributed by atoms with Crippen molar-refractivity contribution in [1.29, 1.82) is 0 Å². The first kappa shape index (κ1) is 14.7. The summed E-state index contributed by atoms with van der Waals surface area (Å²) in [6.45, 7) is 3.94. The Labute approximate surface area is 112 Å². The number of nitrogens with two attached hydrogens (primary N) is 1. The van der Waals surface area contributed by atoms with Crippen molar-refractivity contribution in [1.82, 2.24) is 5.43 Å². The third-order valence-electron chi connectivity index (χ3n) is 3.00. The van der Waals surface area contributed by atoms with E-state index in [1.165, 1.54) is 0 Å². The second kappa shape index (κ2) is 6.03. The lowest BCUT2D eigenvalue weighted by molar-refractivity contribution is -0.0101. The summed E-state index contributed by atoms with van der Waals surface area (Å²) in [7, 11) is 1.66. The Morgan fingerprint density at radius 1 is 1.41 bits per heavy atom. The van der Waals surface area contributed by atoms with Crippen LogP contribution in [0.1, 0.15) is 19.4 Å². The lowest BCUT2D eigenvalue weighted by Crippen LogP contribution is -2.52. The van der Waals surface area contributed by atoms with Crippen molar-refractivity contribution in [2.75, 3.05) is 7.11 Å². The van der Waals surface area contributed by atoms with Crippen molar-refractivity contribution in [3.8, 4) is 0 Å². The van der Waals surface area contributed by atoms with Crippen molar-refractivity contribution in [3.63, 3.8) is 0 Å². The second-order valence-electron chi connectivity index (χ2n) is 4.47. The number of hydrazine groups is 1.